The Kier molecular flexibility index (Phi) is 5.03. The molecule has 0 bridgehead atoms. The second kappa shape index (κ2) is 7.51. The Hall–Kier alpha value is -2.88. The Balaban J connectivity index is 1.73. The smallest absolute Gasteiger partial charge is 0.138 e. The molecule has 2 N–H and O–H groups in total. The van der Waals surface area contributed by atoms with Crippen molar-refractivity contribution in [3.05, 3.63) is 69.8 Å². The minimum atomic E-state index is -0.174. The number of hydrogen-bond donors (Lipinski definition) is 2. The van der Waals surface area contributed by atoms with E-state index in [1.54, 1.807) is 12.1 Å². The highest BCUT2D eigenvalue weighted by atomic mass is 16.5. The maximum absolute atomic E-state index is 10.4. The first-order valence-corrected chi connectivity index (χ1v) is 10.1. The van der Waals surface area contributed by atoms with Gasteiger partial charge in [-0.25, -0.2) is 0 Å². The number of phenolic OH excluding ortho intramolecular Hbond substituents is 2. The lowest BCUT2D eigenvalue weighted by Gasteiger charge is -2.28. The van der Waals surface area contributed by atoms with Crippen molar-refractivity contribution in [2.75, 3.05) is 6.61 Å². The zero-order chi connectivity index (χ0) is 20.7. The molecule has 0 saturated carbocycles. The van der Waals surface area contributed by atoms with Crippen molar-refractivity contribution in [2.24, 2.45) is 0 Å². The van der Waals surface area contributed by atoms with Crippen LogP contribution in [-0.2, 0) is 12.8 Å². The maximum atomic E-state index is 10.4. The number of hydrogen-bond acceptors (Lipinski definition) is 4. The van der Waals surface area contributed by atoms with Crippen molar-refractivity contribution in [2.45, 2.75) is 52.6 Å². The molecule has 2 aromatic carbocycles. The molecular formula is C25H28O4. The molecule has 0 saturated heterocycles. The van der Waals surface area contributed by atoms with E-state index >= 15 is 0 Å². The van der Waals surface area contributed by atoms with E-state index in [9.17, 15) is 10.2 Å². The largest absolute Gasteiger partial charge is 0.508 e. The van der Waals surface area contributed by atoms with Gasteiger partial charge in [0.15, 0.2) is 0 Å². The molecule has 2 aliphatic rings. The highest BCUT2D eigenvalue weighted by Gasteiger charge is 2.42. The SMILES string of the molecule is CC(C)=CCc1cc2c(cc1O)OC[C@@H]1c3ccc(O)c(CC=C(C)C)c3O[C@@H]21. The van der Waals surface area contributed by atoms with Crippen molar-refractivity contribution in [1.29, 1.82) is 0 Å². The third-order valence-corrected chi connectivity index (χ3v) is 5.66. The van der Waals surface area contributed by atoms with Crippen molar-refractivity contribution in [3.8, 4) is 23.0 Å². The molecule has 0 amide bonds. The topological polar surface area (TPSA) is 58.9 Å². The lowest BCUT2D eigenvalue weighted by Crippen LogP contribution is -2.23. The Morgan fingerprint density at radius 1 is 0.966 bits per heavy atom. The van der Waals surface area contributed by atoms with E-state index in [2.05, 4.69) is 12.2 Å². The maximum Gasteiger partial charge on any atom is 0.138 e. The van der Waals surface area contributed by atoms with E-state index in [-0.39, 0.29) is 23.5 Å². The molecule has 2 atom stereocenters. The molecule has 0 unspecified atom stereocenters. The summed E-state index contributed by atoms with van der Waals surface area (Å²) in [6.45, 7) is 8.68. The summed E-state index contributed by atoms with van der Waals surface area (Å²) in [5.74, 6) is 2.03. The third kappa shape index (κ3) is 3.59. The number of ether oxygens (including phenoxy) is 2. The fraction of sp³-hybridized carbons (Fsp3) is 0.360. The Morgan fingerprint density at radius 2 is 1.69 bits per heavy atom. The molecule has 0 fully saturated rings. The predicted octanol–water partition coefficient (Wildman–Crippen LogP) is 5.72. The number of fused-ring (bicyclic) bond motifs is 5. The van der Waals surface area contributed by atoms with Gasteiger partial charge in [0.2, 0.25) is 0 Å². The first-order chi connectivity index (χ1) is 13.8. The lowest BCUT2D eigenvalue weighted by molar-refractivity contribution is 0.138. The zero-order valence-corrected chi connectivity index (χ0v) is 17.5. The first kappa shape index (κ1) is 19.4. The van der Waals surface area contributed by atoms with E-state index in [0.29, 0.717) is 25.2 Å². The Bertz CT molecular complexity index is 1010. The minimum Gasteiger partial charge on any atom is -0.508 e. The summed E-state index contributed by atoms with van der Waals surface area (Å²) in [5.41, 5.74) is 6.13. The van der Waals surface area contributed by atoms with E-state index < -0.39 is 0 Å². The summed E-state index contributed by atoms with van der Waals surface area (Å²) in [5, 5.41) is 20.8. The molecule has 4 rings (SSSR count). The number of rotatable bonds is 4. The number of aromatic hydroxyl groups is 2. The molecule has 4 heteroatoms. The summed E-state index contributed by atoms with van der Waals surface area (Å²) in [6.07, 6.45) is 5.32. The van der Waals surface area contributed by atoms with Crippen LogP contribution in [0.1, 0.15) is 62.0 Å². The molecule has 0 radical (unpaired) electrons. The number of allylic oxidation sites excluding steroid dienone is 4. The second-order valence-corrected chi connectivity index (χ2v) is 8.43. The van der Waals surface area contributed by atoms with Crippen LogP contribution >= 0.6 is 0 Å². The fourth-order valence-electron chi connectivity index (χ4n) is 4.04. The molecule has 2 aliphatic heterocycles. The molecule has 29 heavy (non-hydrogen) atoms. The van der Waals surface area contributed by atoms with Crippen LogP contribution in [0.15, 0.2) is 47.6 Å². The predicted molar refractivity (Wildman–Crippen MR) is 114 cm³/mol. The van der Waals surface area contributed by atoms with Crippen LogP contribution in [0.3, 0.4) is 0 Å². The highest BCUT2D eigenvalue weighted by molar-refractivity contribution is 5.58. The lowest BCUT2D eigenvalue weighted by atomic mass is 9.87. The van der Waals surface area contributed by atoms with Gasteiger partial charge in [0, 0.05) is 22.8 Å². The van der Waals surface area contributed by atoms with Gasteiger partial charge in [-0.3, -0.25) is 0 Å². The zero-order valence-electron chi connectivity index (χ0n) is 17.5. The van der Waals surface area contributed by atoms with Gasteiger partial charge < -0.3 is 19.7 Å². The average Bonchev–Trinajstić information content (AvgIpc) is 3.04. The summed E-state index contributed by atoms with van der Waals surface area (Å²) < 4.78 is 12.4. The first-order valence-electron chi connectivity index (χ1n) is 10.1. The molecule has 152 valence electrons. The average molecular weight is 392 g/mol. The van der Waals surface area contributed by atoms with Crippen LogP contribution in [0.5, 0.6) is 23.0 Å². The Labute approximate surface area is 172 Å². The van der Waals surface area contributed by atoms with Crippen molar-refractivity contribution in [3.63, 3.8) is 0 Å². The molecule has 4 nitrogen and oxygen atoms in total. The summed E-state index contributed by atoms with van der Waals surface area (Å²) in [6, 6.07) is 7.40. The van der Waals surface area contributed by atoms with Crippen molar-refractivity contribution in [1.82, 2.24) is 0 Å². The van der Waals surface area contributed by atoms with E-state index in [1.807, 2.05) is 39.8 Å². The van der Waals surface area contributed by atoms with Crippen molar-refractivity contribution < 1.29 is 19.7 Å². The van der Waals surface area contributed by atoms with Gasteiger partial charge in [-0.2, -0.15) is 0 Å². The van der Waals surface area contributed by atoms with E-state index in [0.717, 1.165) is 28.0 Å². The van der Waals surface area contributed by atoms with Crippen LogP contribution < -0.4 is 9.47 Å². The molecule has 0 spiro atoms. The molecule has 2 aromatic rings. The van der Waals surface area contributed by atoms with E-state index in [4.69, 9.17) is 9.47 Å². The summed E-state index contributed by atoms with van der Waals surface area (Å²) in [7, 11) is 0. The highest BCUT2D eigenvalue weighted by Crippen LogP contribution is 2.54. The van der Waals surface area contributed by atoms with Gasteiger partial charge in [-0.1, -0.05) is 29.4 Å². The van der Waals surface area contributed by atoms with Crippen LogP contribution in [-0.4, -0.2) is 16.8 Å². The van der Waals surface area contributed by atoms with Gasteiger partial charge >= 0.3 is 0 Å². The van der Waals surface area contributed by atoms with Crippen LogP contribution in [0, 0.1) is 0 Å². The third-order valence-electron chi connectivity index (χ3n) is 5.66. The van der Waals surface area contributed by atoms with Gasteiger partial charge in [0.1, 0.15) is 29.1 Å². The van der Waals surface area contributed by atoms with Gasteiger partial charge in [0.25, 0.3) is 0 Å². The minimum absolute atomic E-state index is 0.0735. The second-order valence-electron chi connectivity index (χ2n) is 8.43. The van der Waals surface area contributed by atoms with Crippen LogP contribution in [0.4, 0.5) is 0 Å². The Morgan fingerprint density at radius 3 is 2.41 bits per heavy atom. The quantitative estimate of drug-likeness (QED) is 0.653. The molecule has 0 aromatic heterocycles. The molecule has 2 heterocycles. The summed E-state index contributed by atoms with van der Waals surface area (Å²) >= 11 is 0. The molecular weight excluding hydrogens is 364 g/mol. The monoisotopic (exact) mass is 392 g/mol. The van der Waals surface area contributed by atoms with E-state index in [1.165, 1.54) is 11.1 Å². The van der Waals surface area contributed by atoms with Crippen LogP contribution in [0.25, 0.3) is 0 Å². The normalized spacial score (nSPS) is 18.6. The number of phenols is 2. The fourth-order valence-corrected chi connectivity index (χ4v) is 4.04. The summed E-state index contributed by atoms with van der Waals surface area (Å²) in [4.78, 5) is 0. The van der Waals surface area contributed by atoms with Crippen LogP contribution in [0.2, 0.25) is 0 Å². The van der Waals surface area contributed by atoms with Gasteiger partial charge in [-0.15, -0.1) is 0 Å². The number of benzene rings is 2. The molecule has 0 aliphatic carbocycles. The van der Waals surface area contributed by atoms with Gasteiger partial charge in [0.05, 0.1) is 12.5 Å². The standard InChI is InChI=1S/C25H28O4/c1-14(2)5-7-16-11-19-23(12-22(16)27)28-13-20-17-9-10-21(26)18(8-6-15(3)4)24(17)29-25(19)20/h5-6,9-12,20,25-27H,7-8,13H2,1-4H3/t20-,25+/m1/s1. The van der Waals surface area contributed by atoms with Crippen molar-refractivity contribution >= 4 is 0 Å². The van der Waals surface area contributed by atoms with Gasteiger partial charge in [-0.05, 0) is 58.2 Å².